The van der Waals surface area contributed by atoms with Crippen LogP contribution < -0.4 is 4.90 Å². The summed E-state index contributed by atoms with van der Waals surface area (Å²) in [6.07, 6.45) is 6.01. The summed E-state index contributed by atoms with van der Waals surface area (Å²) in [5.41, 5.74) is 0. The van der Waals surface area contributed by atoms with Crippen LogP contribution in [0.2, 0.25) is 0 Å². The quantitative estimate of drug-likeness (QED) is 0.763. The summed E-state index contributed by atoms with van der Waals surface area (Å²) in [7, 11) is 1.69. The van der Waals surface area contributed by atoms with Crippen LogP contribution in [0.25, 0.3) is 0 Å². The van der Waals surface area contributed by atoms with Crippen LogP contribution in [-0.4, -0.2) is 47.5 Å². The lowest BCUT2D eigenvalue weighted by Gasteiger charge is -2.22. The molecule has 1 fully saturated rings. The summed E-state index contributed by atoms with van der Waals surface area (Å²) in [5, 5.41) is 9.27. The highest BCUT2D eigenvalue weighted by molar-refractivity contribution is 5.39. The zero-order valence-corrected chi connectivity index (χ0v) is 8.71. The Hall–Kier alpha value is -1.20. The van der Waals surface area contributed by atoms with Gasteiger partial charge in [-0.2, -0.15) is 0 Å². The lowest BCUT2D eigenvalue weighted by molar-refractivity contribution is 0.115. The number of rotatable bonds is 3. The molecule has 1 aromatic heterocycles. The Morgan fingerprint density at radius 2 is 2.47 bits per heavy atom. The highest BCUT2D eigenvalue weighted by Gasteiger charge is 2.32. The standard InChI is InChI=1S/C10H15N3O2/c1-15-9-4-8(7-14)13(6-9)10-5-11-2-3-12-10/h2-3,5,8-9,14H,4,6-7H2,1H3/t8-,9-/m0/s1. The van der Waals surface area contributed by atoms with Gasteiger partial charge in [-0.3, -0.25) is 4.98 Å². The zero-order chi connectivity index (χ0) is 10.7. The van der Waals surface area contributed by atoms with Gasteiger partial charge in [0.05, 0.1) is 24.9 Å². The molecule has 1 N–H and O–H groups in total. The molecule has 0 bridgehead atoms. The third kappa shape index (κ3) is 2.08. The number of aliphatic hydroxyl groups is 1. The maximum atomic E-state index is 9.27. The van der Waals surface area contributed by atoms with Crippen molar-refractivity contribution in [3.8, 4) is 0 Å². The lowest BCUT2D eigenvalue weighted by atomic mass is 10.2. The predicted octanol–water partition coefficient (Wildman–Crippen LogP) is 0.0626. The van der Waals surface area contributed by atoms with Crippen molar-refractivity contribution in [2.75, 3.05) is 25.2 Å². The van der Waals surface area contributed by atoms with Crippen molar-refractivity contribution in [3.63, 3.8) is 0 Å². The van der Waals surface area contributed by atoms with Crippen LogP contribution >= 0.6 is 0 Å². The molecule has 82 valence electrons. The summed E-state index contributed by atoms with van der Waals surface area (Å²) in [4.78, 5) is 10.3. The Kier molecular flexibility index (Phi) is 3.13. The van der Waals surface area contributed by atoms with E-state index in [1.165, 1.54) is 0 Å². The molecule has 2 atom stereocenters. The van der Waals surface area contributed by atoms with Gasteiger partial charge >= 0.3 is 0 Å². The molecule has 5 nitrogen and oxygen atoms in total. The van der Waals surface area contributed by atoms with E-state index in [0.717, 1.165) is 18.8 Å². The van der Waals surface area contributed by atoms with Crippen molar-refractivity contribution >= 4 is 5.82 Å². The van der Waals surface area contributed by atoms with Gasteiger partial charge in [-0.05, 0) is 6.42 Å². The Labute approximate surface area is 88.7 Å². The summed E-state index contributed by atoms with van der Waals surface area (Å²) < 4.78 is 5.29. The van der Waals surface area contributed by atoms with Gasteiger partial charge in [0.15, 0.2) is 0 Å². The maximum Gasteiger partial charge on any atom is 0.147 e. The van der Waals surface area contributed by atoms with E-state index >= 15 is 0 Å². The van der Waals surface area contributed by atoms with E-state index < -0.39 is 0 Å². The Morgan fingerprint density at radius 3 is 3.07 bits per heavy atom. The van der Waals surface area contributed by atoms with Crippen LogP contribution in [0, 0.1) is 0 Å². The molecule has 2 rings (SSSR count). The largest absolute Gasteiger partial charge is 0.394 e. The molecule has 0 spiro atoms. The molecule has 0 unspecified atom stereocenters. The summed E-state index contributed by atoms with van der Waals surface area (Å²) in [6.45, 7) is 0.886. The van der Waals surface area contributed by atoms with Crippen molar-refractivity contribution < 1.29 is 9.84 Å². The normalized spacial score (nSPS) is 25.9. The molecule has 5 heteroatoms. The van der Waals surface area contributed by atoms with Crippen molar-refractivity contribution in [3.05, 3.63) is 18.6 Å². The van der Waals surface area contributed by atoms with Crippen LogP contribution in [-0.2, 0) is 4.74 Å². The minimum absolute atomic E-state index is 0.0895. The monoisotopic (exact) mass is 209 g/mol. The molecular weight excluding hydrogens is 194 g/mol. The maximum absolute atomic E-state index is 9.27. The molecule has 2 heterocycles. The molecule has 0 aromatic carbocycles. The van der Waals surface area contributed by atoms with E-state index in [1.807, 2.05) is 4.90 Å². The van der Waals surface area contributed by atoms with Gasteiger partial charge in [-0.25, -0.2) is 4.98 Å². The Bertz CT molecular complexity index is 307. The number of nitrogens with zero attached hydrogens (tertiary/aromatic N) is 3. The first-order chi connectivity index (χ1) is 7.35. The zero-order valence-electron chi connectivity index (χ0n) is 8.71. The number of aliphatic hydroxyl groups excluding tert-OH is 1. The molecule has 0 aliphatic carbocycles. The Morgan fingerprint density at radius 1 is 1.60 bits per heavy atom. The van der Waals surface area contributed by atoms with Gasteiger partial charge in [0, 0.05) is 26.0 Å². The van der Waals surface area contributed by atoms with Crippen LogP contribution in [0.4, 0.5) is 5.82 Å². The average molecular weight is 209 g/mol. The minimum atomic E-state index is 0.0895. The first kappa shape index (κ1) is 10.3. The van der Waals surface area contributed by atoms with Gasteiger partial charge in [0.1, 0.15) is 5.82 Å². The van der Waals surface area contributed by atoms with Gasteiger partial charge in [-0.15, -0.1) is 0 Å². The number of methoxy groups -OCH3 is 1. The minimum Gasteiger partial charge on any atom is -0.394 e. The average Bonchev–Trinajstić information content (AvgIpc) is 2.73. The van der Waals surface area contributed by atoms with Crippen molar-refractivity contribution in [2.45, 2.75) is 18.6 Å². The predicted molar refractivity (Wildman–Crippen MR) is 55.7 cm³/mol. The highest BCUT2D eigenvalue weighted by atomic mass is 16.5. The number of hydrogen-bond donors (Lipinski definition) is 1. The second kappa shape index (κ2) is 4.55. The van der Waals surface area contributed by atoms with Crippen molar-refractivity contribution in [1.82, 2.24) is 9.97 Å². The summed E-state index contributed by atoms with van der Waals surface area (Å²) in [5.74, 6) is 0.802. The topological polar surface area (TPSA) is 58.5 Å². The molecule has 0 saturated carbocycles. The SMILES string of the molecule is CO[C@H]1C[C@@H](CO)N(c2cnccn2)C1. The smallest absolute Gasteiger partial charge is 0.147 e. The third-order valence-corrected chi connectivity index (χ3v) is 2.76. The molecular formula is C10H15N3O2. The van der Waals surface area contributed by atoms with E-state index in [1.54, 1.807) is 25.7 Å². The highest BCUT2D eigenvalue weighted by Crippen LogP contribution is 2.24. The second-order valence-electron chi connectivity index (χ2n) is 3.65. The molecule has 1 aromatic rings. The van der Waals surface area contributed by atoms with Gasteiger partial charge in [-0.1, -0.05) is 0 Å². The molecule has 15 heavy (non-hydrogen) atoms. The van der Waals surface area contributed by atoms with Crippen LogP contribution in [0.15, 0.2) is 18.6 Å². The number of hydrogen-bond acceptors (Lipinski definition) is 5. The van der Waals surface area contributed by atoms with Crippen LogP contribution in [0.1, 0.15) is 6.42 Å². The van der Waals surface area contributed by atoms with E-state index in [-0.39, 0.29) is 18.8 Å². The van der Waals surface area contributed by atoms with E-state index in [0.29, 0.717) is 0 Å². The number of anilines is 1. The summed E-state index contributed by atoms with van der Waals surface area (Å²) >= 11 is 0. The first-order valence-electron chi connectivity index (χ1n) is 5.01. The van der Waals surface area contributed by atoms with E-state index in [2.05, 4.69) is 9.97 Å². The molecule has 1 aliphatic rings. The first-order valence-corrected chi connectivity index (χ1v) is 5.01. The van der Waals surface area contributed by atoms with Gasteiger partial charge in [0.25, 0.3) is 0 Å². The van der Waals surface area contributed by atoms with Crippen molar-refractivity contribution in [1.29, 1.82) is 0 Å². The number of aromatic nitrogens is 2. The fourth-order valence-corrected chi connectivity index (χ4v) is 1.94. The van der Waals surface area contributed by atoms with Crippen LogP contribution in [0.3, 0.4) is 0 Å². The van der Waals surface area contributed by atoms with Crippen LogP contribution in [0.5, 0.6) is 0 Å². The van der Waals surface area contributed by atoms with Gasteiger partial charge in [0.2, 0.25) is 0 Å². The Balaban J connectivity index is 2.14. The lowest BCUT2D eigenvalue weighted by Crippen LogP contribution is -2.33. The molecule has 0 amide bonds. The molecule has 1 saturated heterocycles. The number of ether oxygens (including phenoxy) is 1. The van der Waals surface area contributed by atoms with E-state index in [4.69, 9.17) is 4.74 Å². The fraction of sp³-hybridized carbons (Fsp3) is 0.600. The third-order valence-electron chi connectivity index (χ3n) is 2.76. The second-order valence-corrected chi connectivity index (χ2v) is 3.65. The summed E-state index contributed by atoms with van der Waals surface area (Å²) in [6, 6.07) is 0.0895. The molecule has 1 aliphatic heterocycles. The van der Waals surface area contributed by atoms with E-state index in [9.17, 15) is 5.11 Å². The van der Waals surface area contributed by atoms with Crippen molar-refractivity contribution in [2.24, 2.45) is 0 Å². The molecule has 0 radical (unpaired) electrons. The fourth-order valence-electron chi connectivity index (χ4n) is 1.94. The van der Waals surface area contributed by atoms with Gasteiger partial charge < -0.3 is 14.7 Å².